The van der Waals surface area contributed by atoms with Crippen LogP contribution in [-0.2, 0) is 7.05 Å². The first kappa shape index (κ1) is 55.7. The van der Waals surface area contributed by atoms with Crippen molar-refractivity contribution < 1.29 is 8.83 Å². The van der Waals surface area contributed by atoms with Crippen LogP contribution in [0.4, 0.5) is 0 Å². The Labute approximate surface area is 558 Å². The van der Waals surface area contributed by atoms with Crippen LogP contribution in [0.1, 0.15) is 0 Å². The summed E-state index contributed by atoms with van der Waals surface area (Å²) in [5, 5.41) is 14.8. The maximum absolute atomic E-state index is 6.35. The summed E-state index contributed by atoms with van der Waals surface area (Å²) in [6, 6.07) is 123. The minimum absolute atomic E-state index is 0.892. The number of furan rings is 2. The van der Waals surface area contributed by atoms with Crippen molar-refractivity contribution in [1.82, 2.24) is 18.3 Å². The van der Waals surface area contributed by atoms with Gasteiger partial charge >= 0.3 is 0 Å². The topological polar surface area (TPSA) is 46.0 Å². The van der Waals surface area contributed by atoms with E-state index in [9.17, 15) is 0 Å². The monoisotopic (exact) mass is 1240 g/mol. The first-order chi connectivity index (χ1) is 48.0. The molecule has 0 aliphatic rings. The molecule has 0 saturated heterocycles. The molecule has 6 aromatic heterocycles. The zero-order valence-electron chi connectivity index (χ0n) is 53.0. The van der Waals surface area contributed by atoms with Gasteiger partial charge in [-0.2, -0.15) is 0 Å². The van der Waals surface area contributed by atoms with Gasteiger partial charge in [-0.1, -0.05) is 218 Å². The van der Waals surface area contributed by atoms with Crippen molar-refractivity contribution in [1.29, 1.82) is 0 Å². The summed E-state index contributed by atoms with van der Waals surface area (Å²) in [4.78, 5) is 0. The van der Waals surface area contributed by atoms with Crippen molar-refractivity contribution in [2.45, 2.75) is 0 Å². The number of aryl methyl sites for hydroxylation is 1. The molecule has 0 unspecified atom stereocenters. The fourth-order valence-corrected chi connectivity index (χ4v) is 15.2. The van der Waals surface area contributed by atoms with Gasteiger partial charge in [-0.25, -0.2) is 0 Å². The molecule has 97 heavy (non-hydrogen) atoms. The highest BCUT2D eigenvalue weighted by atomic mass is 16.3. The largest absolute Gasteiger partial charge is 0.456 e. The molecule has 6 heteroatoms. The summed E-state index contributed by atoms with van der Waals surface area (Å²) in [5.41, 5.74) is 24.2. The van der Waals surface area contributed by atoms with Crippen molar-refractivity contribution >= 4 is 131 Å². The lowest BCUT2D eigenvalue weighted by Crippen LogP contribution is -1.94. The molecule has 0 bridgehead atoms. The Morgan fingerprint density at radius 2 is 0.495 bits per heavy atom. The van der Waals surface area contributed by atoms with Gasteiger partial charge in [0.25, 0.3) is 0 Å². The quantitative estimate of drug-likeness (QED) is 0.167. The smallest absolute Gasteiger partial charge is 0.135 e. The van der Waals surface area contributed by atoms with Gasteiger partial charge < -0.3 is 27.1 Å². The van der Waals surface area contributed by atoms with Crippen molar-refractivity contribution in [2.24, 2.45) is 7.05 Å². The van der Waals surface area contributed by atoms with Crippen molar-refractivity contribution in [3.8, 4) is 50.4 Å². The van der Waals surface area contributed by atoms with Crippen molar-refractivity contribution in [2.75, 3.05) is 0 Å². The lowest BCUT2D eigenvalue weighted by molar-refractivity contribution is 0.668. The lowest BCUT2D eigenvalue weighted by atomic mass is 10.0. The summed E-state index contributed by atoms with van der Waals surface area (Å²) in [7, 11) is 2.16. The molecule has 0 N–H and O–H groups in total. The molecular formula is C91H60N4O2. The Morgan fingerprint density at radius 3 is 1.03 bits per heavy atom. The van der Waals surface area contributed by atoms with E-state index in [1.54, 1.807) is 0 Å². The van der Waals surface area contributed by atoms with E-state index in [4.69, 9.17) is 8.83 Å². The highest BCUT2D eigenvalue weighted by molar-refractivity contribution is 6.15. The number of hydrogen-bond donors (Lipinski definition) is 0. The summed E-state index contributed by atoms with van der Waals surface area (Å²) in [5.74, 6) is 0. The number of aromatic nitrogens is 4. The predicted octanol–water partition coefficient (Wildman–Crippen LogP) is 24.8. The van der Waals surface area contributed by atoms with Crippen LogP contribution in [-0.4, -0.2) is 18.3 Å². The molecule has 0 fully saturated rings. The second kappa shape index (κ2) is 22.7. The van der Waals surface area contributed by atoms with Crippen LogP contribution in [0.2, 0.25) is 0 Å². The first-order valence-electron chi connectivity index (χ1n) is 33.1. The van der Waals surface area contributed by atoms with Gasteiger partial charge in [0.05, 0.1) is 33.1 Å². The van der Waals surface area contributed by atoms with Gasteiger partial charge in [-0.3, -0.25) is 0 Å². The predicted molar refractivity (Wildman–Crippen MR) is 407 cm³/mol. The van der Waals surface area contributed by atoms with Gasteiger partial charge in [0.15, 0.2) is 0 Å². The Kier molecular flexibility index (Phi) is 13.0. The SMILES string of the molecule is Cn1c2ccccc2c2ccc(-c3ccc4c(c3)c3ccccc3n4-c3ccccc3)cc21.c1ccc(-c2ccc3oc4ccc(-n5c6ccccc6c6ccc(-c7ccc8c(c7)c7ccccc7n8-c7ccccc7)cc65)cc4c3c2)cc1.c1ccc2c(c1)oc1ccccc12. The van der Waals surface area contributed by atoms with E-state index in [-0.39, 0.29) is 0 Å². The summed E-state index contributed by atoms with van der Waals surface area (Å²) < 4.78 is 21.4. The van der Waals surface area contributed by atoms with E-state index in [0.717, 1.165) is 38.8 Å². The van der Waals surface area contributed by atoms with Crippen molar-refractivity contribution in [3.63, 3.8) is 0 Å². The number of rotatable bonds is 6. The van der Waals surface area contributed by atoms with Crippen LogP contribution in [0.15, 0.2) is 355 Å². The van der Waals surface area contributed by atoms with Crippen LogP contribution < -0.4 is 0 Å². The molecule has 0 amide bonds. The zero-order chi connectivity index (χ0) is 64.1. The summed E-state index contributed by atoms with van der Waals surface area (Å²) in [6.07, 6.45) is 0. The van der Waals surface area contributed by atoms with E-state index in [2.05, 4.69) is 335 Å². The fraction of sp³-hybridized carbons (Fsp3) is 0.0110. The van der Waals surface area contributed by atoms with Gasteiger partial charge in [0.1, 0.15) is 22.3 Å². The van der Waals surface area contributed by atoms with Crippen LogP contribution in [0.25, 0.3) is 182 Å². The second-order valence-electron chi connectivity index (χ2n) is 25.2. The van der Waals surface area contributed by atoms with E-state index in [1.807, 2.05) is 36.4 Å². The molecule has 21 aromatic rings. The maximum atomic E-state index is 6.35. The number of benzene rings is 15. The third-order valence-electron chi connectivity index (χ3n) is 19.7. The Balaban J connectivity index is 0.000000122. The average molecular weight is 1240 g/mol. The first-order valence-corrected chi connectivity index (χ1v) is 33.1. The molecule has 15 aromatic carbocycles. The zero-order valence-corrected chi connectivity index (χ0v) is 53.0. The van der Waals surface area contributed by atoms with Crippen LogP contribution in [0.3, 0.4) is 0 Å². The van der Waals surface area contributed by atoms with Crippen LogP contribution >= 0.6 is 0 Å². The molecule has 21 rings (SSSR count). The molecule has 0 aliphatic carbocycles. The molecule has 6 nitrogen and oxygen atoms in total. The third-order valence-corrected chi connectivity index (χ3v) is 19.7. The minimum atomic E-state index is 0.892. The Bertz CT molecular complexity index is 6590. The third kappa shape index (κ3) is 9.25. The maximum Gasteiger partial charge on any atom is 0.135 e. The number of para-hydroxylation sites is 8. The van der Waals surface area contributed by atoms with E-state index in [0.29, 0.717) is 0 Å². The highest BCUT2D eigenvalue weighted by Gasteiger charge is 2.20. The van der Waals surface area contributed by atoms with Gasteiger partial charge in [-0.05, 0) is 161 Å². The molecule has 6 heterocycles. The standard InChI is InChI=1S/C48H30N2O.C31H22N2.C12H8O/c1-3-11-31(12-4-1)32-21-25-47-41(28-32)42-30-36(22-26-48(42)51-47)50-43-17-9-7-15-37(43)39-23-19-34(29-46(39)50)33-20-24-45-40(27-33)38-16-8-10-18-44(38)49(45)35-13-5-2-6-14-35;1-32-28-13-7-5-11-24(28)26-17-15-22(20-31(26)32)21-16-18-30-27(19-21)25-12-6-8-14-29(25)33(30)23-9-3-2-4-10-23;1-3-7-11-9(5-1)10-6-2-4-8-12(10)13-11/h1-30H;2-20H,1H3;1-8H. The normalized spacial score (nSPS) is 11.8. The minimum Gasteiger partial charge on any atom is -0.456 e. The molecule has 0 atom stereocenters. The van der Waals surface area contributed by atoms with E-state index < -0.39 is 0 Å². The lowest BCUT2D eigenvalue weighted by Gasteiger charge is -2.10. The number of nitrogens with zero attached hydrogens (tertiary/aromatic N) is 4. The van der Waals surface area contributed by atoms with Crippen LogP contribution in [0, 0.1) is 0 Å². The summed E-state index contributed by atoms with van der Waals surface area (Å²) >= 11 is 0. The number of fused-ring (bicyclic) bond motifs is 18. The molecular weight excluding hydrogens is 1180 g/mol. The van der Waals surface area contributed by atoms with Gasteiger partial charge in [0, 0.05) is 99.8 Å². The van der Waals surface area contributed by atoms with Crippen LogP contribution in [0.5, 0.6) is 0 Å². The molecule has 0 spiro atoms. The van der Waals surface area contributed by atoms with E-state index >= 15 is 0 Å². The second-order valence-corrected chi connectivity index (χ2v) is 25.2. The molecule has 0 radical (unpaired) electrons. The Morgan fingerprint density at radius 1 is 0.175 bits per heavy atom. The fourth-order valence-electron chi connectivity index (χ4n) is 15.2. The highest BCUT2D eigenvalue weighted by Crippen LogP contribution is 2.42. The average Bonchev–Trinajstić information content (AvgIpc) is 1.56. The van der Waals surface area contributed by atoms with E-state index in [1.165, 1.54) is 143 Å². The van der Waals surface area contributed by atoms with Gasteiger partial charge in [-0.15, -0.1) is 0 Å². The summed E-state index contributed by atoms with van der Waals surface area (Å²) in [6.45, 7) is 0. The van der Waals surface area contributed by atoms with Gasteiger partial charge in [0.2, 0.25) is 0 Å². The molecule has 0 aliphatic heterocycles. The molecule has 456 valence electrons. The Hall–Kier alpha value is -12.9. The molecule has 0 saturated carbocycles. The van der Waals surface area contributed by atoms with Crippen molar-refractivity contribution in [3.05, 3.63) is 346 Å². The number of hydrogen-bond acceptors (Lipinski definition) is 2.